The van der Waals surface area contributed by atoms with E-state index in [4.69, 9.17) is 0 Å². The van der Waals surface area contributed by atoms with Crippen molar-refractivity contribution in [2.75, 3.05) is 32.7 Å². The zero-order chi connectivity index (χ0) is 16.9. The van der Waals surface area contributed by atoms with Crippen LogP contribution in [0.1, 0.15) is 79.6 Å². The van der Waals surface area contributed by atoms with E-state index in [9.17, 15) is 0 Å². The van der Waals surface area contributed by atoms with Crippen LogP contribution in [-0.2, 0) is 0 Å². The van der Waals surface area contributed by atoms with Gasteiger partial charge in [-0.05, 0) is 68.9 Å². The van der Waals surface area contributed by atoms with Crippen LogP contribution in [-0.4, -0.2) is 48.6 Å². The first-order valence-electron chi connectivity index (χ1n) is 10.4. The van der Waals surface area contributed by atoms with E-state index < -0.39 is 0 Å². The maximum atomic E-state index is 2.86. The van der Waals surface area contributed by atoms with Gasteiger partial charge in [-0.25, -0.2) is 0 Å². The van der Waals surface area contributed by atoms with Crippen LogP contribution in [0.25, 0.3) is 0 Å². The van der Waals surface area contributed by atoms with Crippen molar-refractivity contribution < 1.29 is 0 Å². The van der Waals surface area contributed by atoms with E-state index in [1.54, 1.807) is 0 Å². The van der Waals surface area contributed by atoms with Crippen molar-refractivity contribution >= 4 is 0 Å². The first kappa shape index (κ1) is 19.2. The lowest BCUT2D eigenvalue weighted by Crippen LogP contribution is -2.56. The molecule has 1 heterocycles. The zero-order valence-electron chi connectivity index (χ0n) is 16.6. The van der Waals surface area contributed by atoms with Crippen molar-refractivity contribution in [3.8, 4) is 0 Å². The highest BCUT2D eigenvalue weighted by Gasteiger charge is 2.37. The molecule has 2 heteroatoms. The van der Waals surface area contributed by atoms with Gasteiger partial charge in [-0.3, -0.25) is 4.90 Å². The SMILES string of the molecule is CCCCN1CCN(CCC)CC1C1CCC(C(C)(C)C)CC1. The smallest absolute Gasteiger partial charge is 0.0251 e. The van der Waals surface area contributed by atoms with E-state index in [2.05, 4.69) is 44.4 Å². The maximum absolute atomic E-state index is 2.86. The lowest BCUT2D eigenvalue weighted by atomic mass is 9.68. The summed E-state index contributed by atoms with van der Waals surface area (Å²) in [5.74, 6) is 1.89. The molecule has 0 aromatic rings. The number of piperazine rings is 1. The van der Waals surface area contributed by atoms with E-state index >= 15 is 0 Å². The number of hydrogen-bond donors (Lipinski definition) is 0. The third kappa shape index (κ3) is 5.46. The van der Waals surface area contributed by atoms with Crippen molar-refractivity contribution in [3.63, 3.8) is 0 Å². The molecular formula is C21H42N2. The van der Waals surface area contributed by atoms with E-state index in [0.717, 1.165) is 17.9 Å². The fourth-order valence-corrected chi connectivity index (χ4v) is 4.88. The highest BCUT2D eigenvalue weighted by Crippen LogP contribution is 2.41. The predicted octanol–water partition coefficient (Wildman–Crippen LogP) is 5.04. The summed E-state index contributed by atoms with van der Waals surface area (Å²) in [5, 5.41) is 0. The monoisotopic (exact) mass is 322 g/mol. The van der Waals surface area contributed by atoms with Gasteiger partial charge in [0.05, 0.1) is 0 Å². The summed E-state index contributed by atoms with van der Waals surface area (Å²) >= 11 is 0. The summed E-state index contributed by atoms with van der Waals surface area (Å²) in [6, 6.07) is 0.836. The van der Waals surface area contributed by atoms with Crippen LogP contribution in [0.3, 0.4) is 0 Å². The second kappa shape index (κ2) is 8.85. The van der Waals surface area contributed by atoms with Gasteiger partial charge in [0.15, 0.2) is 0 Å². The minimum absolute atomic E-state index is 0.508. The van der Waals surface area contributed by atoms with Gasteiger partial charge in [0, 0.05) is 25.7 Å². The minimum atomic E-state index is 0.508. The maximum Gasteiger partial charge on any atom is 0.0251 e. The van der Waals surface area contributed by atoms with Gasteiger partial charge >= 0.3 is 0 Å². The molecule has 0 aromatic heterocycles. The van der Waals surface area contributed by atoms with Gasteiger partial charge in [-0.1, -0.05) is 41.0 Å². The summed E-state index contributed by atoms with van der Waals surface area (Å²) in [7, 11) is 0. The molecule has 23 heavy (non-hydrogen) atoms. The first-order chi connectivity index (χ1) is 11.0. The Balaban J connectivity index is 1.94. The Hall–Kier alpha value is -0.0800. The highest BCUT2D eigenvalue weighted by atomic mass is 15.3. The molecule has 0 bridgehead atoms. The molecule has 0 spiro atoms. The van der Waals surface area contributed by atoms with Crippen LogP contribution in [0, 0.1) is 17.3 Å². The number of rotatable bonds is 6. The van der Waals surface area contributed by atoms with E-state index in [1.165, 1.54) is 77.7 Å². The topological polar surface area (TPSA) is 6.48 Å². The number of hydrogen-bond acceptors (Lipinski definition) is 2. The first-order valence-corrected chi connectivity index (χ1v) is 10.4. The molecule has 1 saturated heterocycles. The quantitative estimate of drug-likeness (QED) is 0.676. The molecule has 1 saturated carbocycles. The van der Waals surface area contributed by atoms with Crippen molar-refractivity contribution in [1.29, 1.82) is 0 Å². The summed E-state index contributed by atoms with van der Waals surface area (Å²) in [6.07, 6.45) is 9.86. The molecule has 2 fully saturated rings. The second-order valence-corrected chi connectivity index (χ2v) is 9.24. The molecule has 0 radical (unpaired) electrons. The second-order valence-electron chi connectivity index (χ2n) is 9.24. The van der Waals surface area contributed by atoms with Crippen molar-refractivity contribution in [3.05, 3.63) is 0 Å². The number of nitrogens with zero attached hydrogens (tertiary/aromatic N) is 2. The minimum Gasteiger partial charge on any atom is -0.301 e. The molecule has 1 atom stereocenters. The third-order valence-electron chi connectivity index (χ3n) is 6.50. The van der Waals surface area contributed by atoms with Crippen LogP contribution in [0.2, 0.25) is 0 Å². The van der Waals surface area contributed by atoms with Gasteiger partial charge in [0.25, 0.3) is 0 Å². The molecule has 2 rings (SSSR count). The largest absolute Gasteiger partial charge is 0.301 e. The summed E-state index contributed by atoms with van der Waals surface area (Å²) in [6.45, 7) is 18.6. The molecule has 0 aromatic carbocycles. The normalized spacial score (nSPS) is 31.4. The Morgan fingerprint density at radius 1 is 0.870 bits per heavy atom. The molecule has 1 aliphatic heterocycles. The van der Waals surface area contributed by atoms with Crippen LogP contribution < -0.4 is 0 Å². The van der Waals surface area contributed by atoms with Crippen LogP contribution in [0.4, 0.5) is 0 Å². The van der Waals surface area contributed by atoms with Crippen molar-refractivity contribution in [1.82, 2.24) is 9.80 Å². The van der Waals surface area contributed by atoms with Crippen LogP contribution in [0.15, 0.2) is 0 Å². The lowest BCUT2D eigenvalue weighted by Gasteiger charge is -2.48. The molecule has 1 aliphatic carbocycles. The Morgan fingerprint density at radius 3 is 2.13 bits per heavy atom. The molecule has 2 nitrogen and oxygen atoms in total. The molecule has 0 N–H and O–H groups in total. The van der Waals surface area contributed by atoms with Gasteiger partial charge in [0.1, 0.15) is 0 Å². The van der Waals surface area contributed by atoms with Gasteiger partial charge in [-0.2, -0.15) is 0 Å². The predicted molar refractivity (Wildman–Crippen MR) is 102 cm³/mol. The van der Waals surface area contributed by atoms with Crippen molar-refractivity contribution in [2.45, 2.75) is 85.6 Å². The summed E-state index contributed by atoms with van der Waals surface area (Å²) in [4.78, 5) is 5.60. The van der Waals surface area contributed by atoms with E-state index in [1.807, 2.05) is 0 Å². The fraction of sp³-hybridized carbons (Fsp3) is 1.00. The Kier molecular flexibility index (Phi) is 7.41. The Bertz CT molecular complexity index is 325. The van der Waals surface area contributed by atoms with Crippen LogP contribution >= 0.6 is 0 Å². The highest BCUT2D eigenvalue weighted by molar-refractivity contribution is 4.91. The molecule has 0 amide bonds. The fourth-order valence-electron chi connectivity index (χ4n) is 4.88. The zero-order valence-corrected chi connectivity index (χ0v) is 16.6. The lowest BCUT2D eigenvalue weighted by molar-refractivity contribution is 0.0167. The molecule has 136 valence electrons. The van der Waals surface area contributed by atoms with Crippen molar-refractivity contribution in [2.24, 2.45) is 17.3 Å². The standard InChI is InChI=1S/C21H42N2/c1-6-8-14-23-16-15-22(13-7-2)17-20(23)18-9-11-19(12-10-18)21(3,4)5/h18-20H,6-17H2,1-5H3. The summed E-state index contributed by atoms with van der Waals surface area (Å²) in [5.41, 5.74) is 0.508. The summed E-state index contributed by atoms with van der Waals surface area (Å²) < 4.78 is 0. The third-order valence-corrected chi connectivity index (χ3v) is 6.50. The Labute approximate surface area is 146 Å². The van der Waals surface area contributed by atoms with Gasteiger partial charge in [-0.15, -0.1) is 0 Å². The molecular weight excluding hydrogens is 280 g/mol. The molecule has 1 unspecified atom stereocenters. The van der Waals surface area contributed by atoms with Gasteiger partial charge in [0.2, 0.25) is 0 Å². The average Bonchev–Trinajstić information content (AvgIpc) is 2.53. The Morgan fingerprint density at radius 2 is 1.57 bits per heavy atom. The molecule has 2 aliphatic rings. The van der Waals surface area contributed by atoms with Gasteiger partial charge < -0.3 is 4.90 Å². The van der Waals surface area contributed by atoms with E-state index in [-0.39, 0.29) is 0 Å². The average molecular weight is 323 g/mol. The van der Waals surface area contributed by atoms with Crippen LogP contribution in [0.5, 0.6) is 0 Å². The number of unbranched alkanes of at least 4 members (excludes halogenated alkanes) is 1. The van der Waals surface area contributed by atoms with E-state index in [0.29, 0.717) is 5.41 Å².